The lowest BCUT2D eigenvalue weighted by Gasteiger charge is -2.45. The quantitative estimate of drug-likeness (QED) is 0.533. The molecular weight excluding hydrogens is 486 g/mol. The van der Waals surface area contributed by atoms with Gasteiger partial charge < -0.3 is 9.64 Å². The number of piperidine rings is 1. The lowest BCUT2D eigenvalue weighted by Crippen LogP contribution is -2.58. The van der Waals surface area contributed by atoms with Crippen molar-refractivity contribution in [3.05, 3.63) is 29.3 Å². The molecule has 6 rings (SSSR count). The van der Waals surface area contributed by atoms with Crippen LogP contribution in [0.15, 0.2) is 29.2 Å². The minimum Gasteiger partial charge on any atom is -0.441 e. The largest absolute Gasteiger partial charge is 0.441 e. The van der Waals surface area contributed by atoms with E-state index in [-0.39, 0.29) is 23.1 Å². The molecule has 1 aromatic carbocycles. The van der Waals surface area contributed by atoms with Crippen LogP contribution in [-0.4, -0.2) is 79.0 Å². The number of sulfonamides is 1. The Balaban J connectivity index is 1.20. The number of halogens is 1. The molecule has 7 nitrogen and oxygen atoms in total. The highest BCUT2D eigenvalue weighted by Gasteiger charge is 2.61. The highest BCUT2D eigenvalue weighted by Crippen LogP contribution is 2.53. The van der Waals surface area contributed by atoms with Crippen LogP contribution in [0.25, 0.3) is 0 Å². The highest BCUT2D eigenvalue weighted by atomic mass is 35.5. The van der Waals surface area contributed by atoms with E-state index in [9.17, 15) is 13.2 Å². The monoisotopic (exact) mass is 521 g/mol. The van der Waals surface area contributed by atoms with E-state index < -0.39 is 15.6 Å². The molecule has 2 saturated heterocycles. The van der Waals surface area contributed by atoms with E-state index in [1.54, 1.807) is 28.6 Å². The summed E-state index contributed by atoms with van der Waals surface area (Å²) in [6.45, 7) is 4.30. The predicted octanol–water partition coefficient (Wildman–Crippen LogP) is 4.36. The van der Waals surface area contributed by atoms with E-state index in [0.29, 0.717) is 24.0 Å². The number of nitrogens with zero attached hydrogens (tertiary/aromatic N) is 3. The van der Waals surface area contributed by atoms with E-state index in [1.807, 2.05) is 4.90 Å². The van der Waals surface area contributed by atoms with Crippen molar-refractivity contribution in [3.63, 3.8) is 0 Å². The van der Waals surface area contributed by atoms with Crippen molar-refractivity contribution in [2.75, 3.05) is 32.7 Å². The van der Waals surface area contributed by atoms with Crippen molar-refractivity contribution in [2.24, 2.45) is 11.8 Å². The number of hydrogen-bond donors (Lipinski definition) is 0. The second-order valence-corrected chi connectivity index (χ2v) is 13.6. The summed E-state index contributed by atoms with van der Waals surface area (Å²) in [4.78, 5) is 17.8. The first-order valence-electron chi connectivity index (χ1n) is 13.4. The number of rotatable bonds is 7. The molecule has 0 N–H and O–H groups in total. The number of benzene rings is 1. The van der Waals surface area contributed by atoms with E-state index >= 15 is 0 Å². The molecule has 3 aliphatic carbocycles. The van der Waals surface area contributed by atoms with Gasteiger partial charge in [0.1, 0.15) is 5.60 Å². The first kappa shape index (κ1) is 24.0. The van der Waals surface area contributed by atoms with Crippen LogP contribution in [0.2, 0.25) is 5.02 Å². The van der Waals surface area contributed by atoms with Crippen LogP contribution < -0.4 is 0 Å². The van der Waals surface area contributed by atoms with Crippen molar-refractivity contribution < 1.29 is 17.9 Å². The van der Waals surface area contributed by atoms with Crippen LogP contribution in [0.1, 0.15) is 57.8 Å². The Morgan fingerprint density at radius 2 is 1.66 bits per heavy atom. The van der Waals surface area contributed by atoms with Gasteiger partial charge in [-0.25, -0.2) is 13.2 Å². The number of amides is 1. The Morgan fingerprint density at radius 1 is 0.971 bits per heavy atom. The van der Waals surface area contributed by atoms with Crippen LogP contribution >= 0.6 is 11.6 Å². The molecule has 1 aromatic rings. The summed E-state index contributed by atoms with van der Waals surface area (Å²) in [5, 5.41) is 0.516. The van der Waals surface area contributed by atoms with Gasteiger partial charge in [-0.05, 0) is 87.5 Å². The van der Waals surface area contributed by atoms with Crippen LogP contribution in [0.5, 0.6) is 0 Å². The van der Waals surface area contributed by atoms with Crippen molar-refractivity contribution in [3.8, 4) is 0 Å². The molecule has 9 heteroatoms. The van der Waals surface area contributed by atoms with Gasteiger partial charge in [-0.2, -0.15) is 4.31 Å². The van der Waals surface area contributed by atoms with Gasteiger partial charge in [0.15, 0.2) is 0 Å². The van der Waals surface area contributed by atoms with Gasteiger partial charge in [0.05, 0.1) is 10.9 Å². The Hall–Kier alpha value is -1.35. The summed E-state index contributed by atoms with van der Waals surface area (Å²) in [5.74, 6) is 1.26. The maximum Gasteiger partial charge on any atom is 0.410 e. The lowest BCUT2D eigenvalue weighted by molar-refractivity contribution is -0.0161. The minimum absolute atomic E-state index is 0.0171. The average Bonchev–Trinajstić information content (AvgIpc) is 3.70. The van der Waals surface area contributed by atoms with Crippen LogP contribution in [-0.2, 0) is 14.8 Å². The fourth-order valence-corrected chi connectivity index (χ4v) is 8.26. The van der Waals surface area contributed by atoms with E-state index in [1.165, 1.54) is 12.8 Å². The molecule has 35 heavy (non-hydrogen) atoms. The molecule has 1 amide bonds. The smallest absolute Gasteiger partial charge is 0.410 e. The molecule has 2 unspecified atom stereocenters. The number of hydrogen-bond acceptors (Lipinski definition) is 5. The molecule has 0 aromatic heterocycles. The number of piperazine rings is 1. The number of carbonyl (C=O) groups is 1. The second-order valence-electron chi connectivity index (χ2n) is 11.3. The fourth-order valence-electron chi connectivity index (χ4n) is 6.14. The molecule has 0 spiro atoms. The van der Waals surface area contributed by atoms with Crippen molar-refractivity contribution in [1.29, 1.82) is 0 Å². The van der Waals surface area contributed by atoms with Crippen molar-refractivity contribution in [1.82, 2.24) is 14.1 Å². The molecule has 5 aliphatic rings. The standard InChI is InChI=1S/C26H36ClN3O4S/c27-21-8-10-22(11-9-21)35(32,33)30-23(20-6-7-20)2-1-3-24(30)26(12-13-26)34-25(31)29-16-14-28(15-17-29)18-19-4-5-19/h8-11,19-20,23-24H,1-7,12-18H2. The highest BCUT2D eigenvalue weighted by molar-refractivity contribution is 7.89. The van der Waals surface area contributed by atoms with Crippen molar-refractivity contribution >= 4 is 27.7 Å². The fraction of sp³-hybridized carbons (Fsp3) is 0.731. The van der Waals surface area contributed by atoms with Gasteiger partial charge in [0.25, 0.3) is 0 Å². The lowest BCUT2D eigenvalue weighted by atomic mass is 9.91. The van der Waals surface area contributed by atoms with Crippen molar-refractivity contribution in [2.45, 2.75) is 80.4 Å². The number of ether oxygens (including phenoxy) is 1. The zero-order chi connectivity index (χ0) is 24.2. The van der Waals surface area contributed by atoms with Crippen LogP contribution in [0.3, 0.4) is 0 Å². The third-order valence-corrected chi connectivity index (χ3v) is 10.9. The van der Waals surface area contributed by atoms with Gasteiger partial charge in [0, 0.05) is 43.8 Å². The first-order chi connectivity index (χ1) is 16.9. The normalized spacial score (nSPS) is 29.7. The molecule has 2 aliphatic heterocycles. The number of carbonyl (C=O) groups excluding carboxylic acids is 1. The minimum atomic E-state index is -3.74. The summed E-state index contributed by atoms with van der Waals surface area (Å²) in [5.41, 5.74) is -0.699. The third kappa shape index (κ3) is 4.96. The average molecular weight is 522 g/mol. The Kier molecular flexibility index (Phi) is 6.31. The second kappa shape index (κ2) is 9.19. The maximum atomic E-state index is 14.0. The predicted molar refractivity (Wildman–Crippen MR) is 134 cm³/mol. The maximum absolute atomic E-state index is 14.0. The van der Waals surface area contributed by atoms with Crippen LogP contribution in [0, 0.1) is 11.8 Å². The molecule has 192 valence electrons. The summed E-state index contributed by atoms with van der Waals surface area (Å²) >= 11 is 6.04. The molecular formula is C26H36ClN3O4S. The topological polar surface area (TPSA) is 70.2 Å². The van der Waals surface area contributed by atoms with E-state index in [2.05, 4.69) is 4.90 Å². The Labute approximate surface area is 213 Å². The van der Waals surface area contributed by atoms with Gasteiger partial charge in [0.2, 0.25) is 10.0 Å². The van der Waals surface area contributed by atoms with Gasteiger partial charge in [-0.1, -0.05) is 18.0 Å². The molecule has 5 fully saturated rings. The molecule has 3 saturated carbocycles. The SMILES string of the molecule is O=C(OC1(C2CCCC(C3CC3)N2S(=O)(=O)c2ccc(Cl)cc2)CC1)N1CCN(CC2CC2)CC1. The summed E-state index contributed by atoms with van der Waals surface area (Å²) in [6.07, 6.45) is 8.59. The van der Waals surface area contributed by atoms with Gasteiger partial charge in [-0.15, -0.1) is 0 Å². The zero-order valence-corrected chi connectivity index (χ0v) is 21.9. The van der Waals surface area contributed by atoms with Gasteiger partial charge >= 0.3 is 6.09 Å². The summed E-state index contributed by atoms with van der Waals surface area (Å²) < 4.78 is 35.9. The van der Waals surface area contributed by atoms with E-state index in [4.69, 9.17) is 16.3 Å². The first-order valence-corrected chi connectivity index (χ1v) is 15.2. The van der Waals surface area contributed by atoms with Crippen LogP contribution in [0.4, 0.5) is 4.79 Å². The molecule has 0 bridgehead atoms. The van der Waals surface area contributed by atoms with E-state index in [0.717, 1.165) is 70.5 Å². The molecule has 0 radical (unpaired) electrons. The molecule has 2 heterocycles. The Bertz CT molecular complexity index is 1040. The zero-order valence-electron chi connectivity index (χ0n) is 20.3. The third-order valence-electron chi connectivity index (χ3n) is 8.65. The van der Waals surface area contributed by atoms with Gasteiger partial charge in [-0.3, -0.25) is 4.90 Å². The Morgan fingerprint density at radius 3 is 2.26 bits per heavy atom. The molecule has 2 atom stereocenters. The summed E-state index contributed by atoms with van der Waals surface area (Å²) in [7, 11) is -3.74. The summed E-state index contributed by atoms with van der Waals surface area (Å²) in [6, 6.07) is 6.14.